The zero-order chi connectivity index (χ0) is 14.4. The molecule has 106 valence electrons. The van der Waals surface area contributed by atoms with Crippen LogP contribution in [0.25, 0.3) is 0 Å². The van der Waals surface area contributed by atoms with Gasteiger partial charge in [-0.15, -0.1) is 0 Å². The largest absolute Gasteiger partial charge is 0.461 e. The summed E-state index contributed by atoms with van der Waals surface area (Å²) >= 11 is 0. The van der Waals surface area contributed by atoms with Crippen molar-refractivity contribution in [2.24, 2.45) is 5.10 Å². The van der Waals surface area contributed by atoms with Gasteiger partial charge in [-0.25, -0.2) is 4.79 Å². The zero-order valence-electron chi connectivity index (χ0n) is 11.3. The highest BCUT2D eigenvalue weighted by Crippen LogP contribution is 2.06. The van der Waals surface area contributed by atoms with Gasteiger partial charge in [0.2, 0.25) is 5.91 Å². The molecule has 2 N–H and O–H groups in total. The van der Waals surface area contributed by atoms with Gasteiger partial charge in [-0.3, -0.25) is 10.2 Å². The first kappa shape index (κ1) is 14.0. The number of hydrogen-bond donors (Lipinski definition) is 2. The van der Waals surface area contributed by atoms with Crippen LogP contribution in [0.1, 0.15) is 18.9 Å². The van der Waals surface area contributed by atoms with Gasteiger partial charge >= 0.3 is 5.97 Å². The van der Waals surface area contributed by atoms with E-state index in [0.717, 1.165) is 5.56 Å². The number of nitrogens with one attached hydrogen (secondary N) is 2. The van der Waals surface area contributed by atoms with Crippen LogP contribution in [0.5, 0.6) is 0 Å². The molecule has 1 amide bonds. The van der Waals surface area contributed by atoms with E-state index in [1.807, 2.05) is 30.3 Å². The average molecular weight is 275 g/mol. The van der Waals surface area contributed by atoms with Crippen LogP contribution in [0.2, 0.25) is 0 Å². The molecule has 0 bridgehead atoms. The third-order valence-corrected chi connectivity index (χ3v) is 2.89. The second kappa shape index (κ2) is 6.70. The number of hydrogen-bond acceptors (Lipinski definition) is 5. The standard InChI is InChI=1S/C14H17N3O3/c1-2-20-14(19)12-8-11(16-17-12)13(18)15-9-10-6-4-3-5-7-10/h3-7,11,16H,2,8-9H2,1H3,(H,15,18). The Morgan fingerprint density at radius 2 is 2.15 bits per heavy atom. The van der Waals surface area contributed by atoms with E-state index in [-0.39, 0.29) is 18.0 Å². The molecule has 1 unspecified atom stereocenters. The summed E-state index contributed by atoms with van der Waals surface area (Å²) in [5, 5.41) is 6.65. The summed E-state index contributed by atoms with van der Waals surface area (Å²) < 4.78 is 4.84. The molecule has 1 aromatic carbocycles. The van der Waals surface area contributed by atoms with Crippen LogP contribution in [0.15, 0.2) is 35.4 Å². The van der Waals surface area contributed by atoms with Gasteiger partial charge in [0.15, 0.2) is 0 Å². The molecular weight excluding hydrogens is 258 g/mol. The number of benzene rings is 1. The highest BCUT2D eigenvalue weighted by atomic mass is 16.5. The molecule has 0 saturated carbocycles. The fourth-order valence-electron chi connectivity index (χ4n) is 1.84. The van der Waals surface area contributed by atoms with E-state index in [2.05, 4.69) is 15.8 Å². The molecule has 6 nitrogen and oxygen atoms in total. The average Bonchev–Trinajstić information content (AvgIpc) is 2.96. The van der Waals surface area contributed by atoms with Gasteiger partial charge in [0.05, 0.1) is 6.61 Å². The summed E-state index contributed by atoms with van der Waals surface area (Å²) in [4.78, 5) is 23.4. The van der Waals surface area contributed by atoms with Crippen molar-refractivity contribution in [3.63, 3.8) is 0 Å². The summed E-state index contributed by atoms with van der Waals surface area (Å²) in [6, 6.07) is 9.10. The lowest BCUT2D eigenvalue weighted by atomic mass is 10.1. The maximum atomic E-state index is 11.9. The van der Waals surface area contributed by atoms with E-state index in [4.69, 9.17) is 4.74 Å². The summed E-state index contributed by atoms with van der Waals surface area (Å²) in [5.41, 5.74) is 3.93. The molecule has 0 spiro atoms. The Kier molecular flexibility index (Phi) is 4.70. The van der Waals surface area contributed by atoms with Gasteiger partial charge in [0.25, 0.3) is 0 Å². The van der Waals surface area contributed by atoms with Gasteiger partial charge in [-0.1, -0.05) is 30.3 Å². The topological polar surface area (TPSA) is 79.8 Å². The van der Waals surface area contributed by atoms with Crippen LogP contribution < -0.4 is 10.7 Å². The van der Waals surface area contributed by atoms with E-state index in [1.165, 1.54) is 0 Å². The van der Waals surface area contributed by atoms with Gasteiger partial charge in [-0.05, 0) is 12.5 Å². The summed E-state index contributed by atoms with van der Waals surface area (Å²) in [7, 11) is 0. The van der Waals surface area contributed by atoms with Crippen LogP contribution in [0.3, 0.4) is 0 Å². The molecular formula is C14H17N3O3. The summed E-state index contributed by atoms with van der Waals surface area (Å²) in [6.45, 7) is 2.47. The minimum Gasteiger partial charge on any atom is -0.461 e. The Hall–Kier alpha value is -2.37. The van der Waals surface area contributed by atoms with Crippen molar-refractivity contribution in [2.75, 3.05) is 6.61 Å². The fraction of sp³-hybridized carbons (Fsp3) is 0.357. The summed E-state index contributed by atoms with van der Waals surface area (Å²) in [5.74, 6) is -0.657. The van der Waals surface area contributed by atoms with Crippen LogP contribution in [0, 0.1) is 0 Å². The van der Waals surface area contributed by atoms with Gasteiger partial charge < -0.3 is 10.1 Å². The van der Waals surface area contributed by atoms with Crippen molar-refractivity contribution in [1.82, 2.24) is 10.7 Å². The monoisotopic (exact) mass is 275 g/mol. The zero-order valence-corrected chi connectivity index (χ0v) is 11.3. The maximum Gasteiger partial charge on any atom is 0.354 e. The quantitative estimate of drug-likeness (QED) is 0.771. The third-order valence-electron chi connectivity index (χ3n) is 2.89. The molecule has 0 aromatic heterocycles. The molecule has 2 rings (SSSR count). The predicted molar refractivity (Wildman–Crippen MR) is 73.9 cm³/mol. The molecule has 0 radical (unpaired) electrons. The normalized spacial score (nSPS) is 17.1. The van der Waals surface area contributed by atoms with Crippen LogP contribution in [0.4, 0.5) is 0 Å². The summed E-state index contributed by atoms with van der Waals surface area (Å²) in [6.07, 6.45) is 0.249. The smallest absolute Gasteiger partial charge is 0.354 e. The Morgan fingerprint density at radius 1 is 1.40 bits per heavy atom. The molecule has 1 aliphatic rings. The second-order valence-corrected chi connectivity index (χ2v) is 4.37. The molecule has 0 fully saturated rings. The molecule has 1 heterocycles. The molecule has 1 aromatic rings. The minimum absolute atomic E-state index is 0.183. The number of amides is 1. The molecule has 1 aliphatic heterocycles. The SMILES string of the molecule is CCOC(=O)C1=NNC(C(=O)NCc2ccccc2)C1. The first-order chi connectivity index (χ1) is 9.70. The number of esters is 1. The van der Waals surface area contributed by atoms with Crippen molar-refractivity contribution < 1.29 is 14.3 Å². The van der Waals surface area contributed by atoms with Crippen LogP contribution in [-0.4, -0.2) is 30.2 Å². The van der Waals surface area contributed by atoms with E-state index in [9.17, 15) is 9.59 Å². The number of carbonyl (C=O) groups excluding carboxylic acids is 2. The molecule has 20 heavy (non-hydrogen) atoms. The van der Waals surface area contributed by atoms with Gasteiger partial charge in [-0.2, -0.15) is 5.10 Å². The molecule has 0 aliphatic carbocycles. The Labute approximate surface area is 117 Å². The number of rotatable bonds is 5. The van der Waals surface area contributed by atoms with Crippen molar-refractivity contribution >= 4 is 17.6 Å². The number of hydrazone groups is 1. The number of carbonyl (C=O) groups is 2. The molecule has 6 heteroatoms. The predicted octanol–water partition coefficient (Wildman–Crippen LogP) is 0.584. The highest BCUT2D eigenvalue weighted by Gasteiger charge is 2.29. The third kappa shape index (κ3) is 3.57. The number of ether oxygens (including phenoxy) is 1. The lowest BCUT2D eigenvalue weighted by Gasteiger charge is -2.10. The Balaban J connectivity index is 1.80. The molecule has 1 atom stereocenters. The Bertz CT molecular complexity index is 514. The second-order valence-electron chi connectivity index (χ2n) is 4.37. The van der Waals surface area contributed by atoms with Crippen molar-refractivity contribution in [3.05, 3.63) is 35.9 Å². The van der Waals surface area contributed by atoms with Crippen molar-refractivity contribution in [3.8, 4) is 0 Å². The van der Waals surface area contributed by atoms with Crippen molar-refractivity contribution in [1.29, 1.82) is 0 Å². The van der Waals surface area contributed by atoms with Crippen LogP contribution >= 0.6 is 0 Å². The van der Waals surface area contributed by atoms with E-state index in [1.54, 1.807) is 6.92 Å². The molecule has 0 saturated heterocycles. The first-order valence-corrected chi connectivity index (χ1v) is 6.51. The van der Waals surface area contributed by atoms with Gasteiger partial charge in [0.1, 0.15) is 11.8 Å². The lowest BCUT2D eigenvalue weighted by molar-refractivity contribution is -0.135. The maximum absolute atomic E-state index is 11.9. The van der Waals surface area contributed by atoms with E-state index >= 15 is 0 Å². The van der Waals surface area contributed by atoms with Crippen LogP contribution in [-0.2, 0) is 20.9 Å². The lowest BCUT2D eigenvalue weighted by Crippen LogP contribution is -2.40. The fourth-order valence-corrected chi connectivity index (χ4v) is 1.84. The minimum atomic E-state index is -0.516. The van der Waals surface area contributed by atoms with Crippen molar-refractivity contribution in [2.45, 2.75) is 25.9 Å². The highest BCUT2D eigenvalue weighted by molar-refractivity contribution is 6.37. The Morgan fingerprint density at radius 3 is 2.85 bits per heavy atom. The first-order valence-electron chi connectivity index (χ1n) is 6.51. The number of nitrogens with zero attached hydrogens (tertiary/aromatic N) is 1. The van der Waals surface area contributed by atoms with E-state index < -0.39 is 12.0 Å². The van der Waals surface area contributed by atoms with Gasteiger partial charge in [0, 0.05) is 13.0 Å². The van der Waals surface area contributed by atoms with E-state index in [0.29, 0.717) is 13.2 Å².